The Labute approximate surface area is 106 Å². The van der Waals surface area contributed by atoms with Crippen LogP contribution in [0.2, 0.25) is 5.02 Å². The fourth-order valence-corrected chi connectivity index (χ4v) is 1.64. The lowest BCUT2D eigenvalue weighted by Crippen LogP contribution is -1.91. The molecule has 1 aromatic carbocycles. The van der Waals surface area contributed by atoms with Crippen LogP contribution in [0.15, 0.2) is 22.7 Å². The summed E-state index contributed by atoms with van der Waals surface area (Å²) in [5.74, 6) is -1.37. The summed E-state index contributed by atoms with van der Waals surface area (Å²) in [5.41, 5.74) is 0.451. The molecule has 1 heterocycles. The van der Waals surface area contributed by atoms with E-state index in [0.717, 1.165) is 0 Å². The molecule has 0 aliphatic heterocycles. The molecular weight excluding hydrogens is 262 g/mol. The van der Waals surface area contributed by atoms with Gasteiger partial charge in [0.25, 0.3) is 0 Å². The second-order valence-electron chi connectivity index (χ2n) is 3.39. The lowest BCUT2D eigenvalue weighted by atomic mass is 10.1. The van der Waals surface area contributed by atoms with Crippen LogP contribution in [0, 0.1) is 0 Å². The Morgan fingerprint density at radius 1 is 1.44 bits per heavy atom. The highest BCUT2D eigenvalue weighted by Gasteiger charge is 2.17. The van der Waals surface area contributed by atoms with Gasteiger partial charge < -0.3 is 19.5 Å². The molecule has 0 radical (unpaired) electrons. The molecule has 0 amide bonds. The van der Waals surface area contributed by atoms with Gasteiger partial charge in [-0.15, -0.1) is 0 Å². The summed E-state index contributed by atoms with van der Waals surface area (Å²) in [6.07, 6.45) is 0. The van der Waals surface area contributed by atoms with Crippen molar-refractivity contribution in [3.63, 3.8) is 0 Å². The number of rotatable bonds is 3. The van der Waals surface area contributed by atoms with Crippen LogP contribution < -0.4 is 4.74 Å². The number of aromatic nitrogens is 1. The monoisotopic (exact) mass is 269 g/mol. The number of hydrogen-bond donors (Lipinski definition) is 2. The van der Waals surface area contributed by atoms with Gasteiger partial charge in [0.2, 0.25) is 5.76 Å². The van der Waals surface area contributed by atoms with Crippen LogP contribution in [-0.2, 0) is 0 Å². The molecule has 2 rings (SSSR count). The van der Waals surface area contributed by atoms with Crippen LogP contribution in [0.25, 0.3) is 11.3 Å². The Morgan fingerprint density at radius 2 is 2.17 bits per heavy atom. The molecule has 0 atom stereocenters. The standard InChI is InChI=1S/C11H8ClNO5/c1-17-9-2-5(8(14)3-6(9)12)7-4-10(11(15)16)18-13-7/h2-4,14H,1H3,(H,15,16). The molecule has 94 valence electrons. The van der Waals surface area contributed by atoms with E-state index in [2.05, 4.69) is 9.68 Å². The fraction of sp³-hybridized carbons (Fsp3) is 0.0909. The van der Waals surface area contributed by atoms with Gasteiger partial charge in [-0.1, -0.05) is 16.8 Å². The molecule has 0 unspecified atom stereocenters. The Bertz CT molecular complexity index is 607. The second-order valence-corrected chi connectivity index (χ2v) is 3.79. The largest absolute Gasteiger partial charge is 0.507 e. The summed E-state index contributed by atoms with van der Waals surface area (Å²) in [7, 11) is 1.42. The van der Waals surface area contributed by atoms with Crippen molar-refractivity contribution in [3.05, 3.63) is 29.0 Å². The lowest BCUT2D eigenvalue weighted by Gasteiger charge is -2.06. The van der Waals surface area contributed by atoms with Crippen LogP contribution in [0.1, 0.15) is 10.6 Å². The highest BCUT2D eigenvalue weighted by Crippen LogP contribution is 2.37. The van der Waals surface area contributed by atoms with E-state index in [1.807, 2.05) is 0 Å². The maximum absolute atomic E-state index is 10.7. The molecule has 0 spiro atoms. The summed E-state index contributed by atoms with van der Waals surface area (Å²) in [6.45, 7) is 0. The van der Waals surface area contributed by atoms with Gasteiger partial charge in [-0.2, -0.15) is 0 Å². The third-order valence-electron chi connectivity index (χ3n) is 2.27. The van der Waals surface area contributed by atoms with Crippen molar-refractivity contribution in [1.82, 2.24) is 5.16 Å². The van der Waals surface area contributed by atoms with Crippen LogP contribution in [0.4, 0.5) is 0 Å². The number of carbonyl (C=O) groups is 1. The predicted molar refractivity (Wildman–Crippen MR) is 62.1 cm³/mol. The third-order valence-corrected chi connectivity index (χ3v) is 2.56. The second kappa shape index (κ2) is 4.58. The first-order valence-electron chi connectivity index (χ1n) is 4.80. The molecule has 0 aliphatic rings. The average molecular weight is 270 g/mol. The Hall–Kier alpha value is -2.21. The molecule has 2 N–H and O–H groups in total. The zero-order valence-corrected chi connectivity index (χ0v) is 9.93. The van der Waals surface area contributed by atoms with Crippen molar-refractivity contribution >= 4 is 17.6 Å². The van der Waals surface area contributed by atoms with E-state index in [1.165, 1.54) is 25.3 Å². The predicted octanol–water partition coefficient (Wildman–Crippen LogP) is 2.41. The van der Waals surface area contributed by atoms with Gasteiger partial charge in [-0.25, -0.2) is 4.79 Å². The molecule has 1 aromatic heterocycles. The van der Waals surface area contributed by atoms with Crippen LogP contribution in [0.5, 0.6) is 11.5 Å². The summed E-state index contributed by atoms with van der Waals surface area (Å²) >= 11 is 5.82. The van der Waals surface area contributed by atoms with E-state index in [0.29, 0.717) is 5.75 Å². The molecule has 7 heteroatoms. The van der Waals surface area contributed by atoms with E-state index < -0.39 is 5.97 Å². The lowest BCUT2D eigenvalue weighted by molar-refractivity contribution is 0.0652. The maximum atomic E-state index is 10.7. The summed E-state index contributed by atoms with van der Waals surface area (Å²) in [5, 5.41) is 22.3. The zero-order chi connectivity index (χ0) is 13.3. The van der Waals surface area contributed by atoms with Gasteiger partial charge in [0.1, 0.15) is 17.2 Å². The van der Waals surface area contributed by atoms with E-state index in [4.69, 9.17) is 21.4 Å². The van der Waals surface area contributed by atoms with E-state index in [1.54, 1.807) is 0 Å². The minimum Gasteiger partial charge on any atom is -0.507 e. The number of hydrogen-bond acceptors (Lipinski definition) is 5. The number of nitrogens with zero attached hydrogens (tertiary/aromatic N) is 1. The molecule has 0 bridgehead atoms. The smallest absolute Gasteiger partial charge is 0.374 e. The number of ether oxygens (including phenoxy) is 1. The first-order valence-corrected chi connectivity index (χ1v) is 5.17. The topological polar surface area (TPSA) is 92.8 Å². The van der Waals surface area contributed by atoms with Crippen molar-refractivity contribution in [2.75, 3.05) is 7.11 Å². The number of phenolic OH excluding ortho intramolecular Hbond substituents is 1. The van der Waals surface area contributed by atoms with E-state index >= 15 is 0 Å². The van der Waals surface area contributed by atoms with Crippen molar-refractivity contribution in [2.24, 2.45) is 0 Å². The molecule has 0 saturated carbocycles. The molecule has 18 heavy (non-hydrogen) atoms. The van der Waals surface area contributed by atoms with Gasteiger partial charge in [-0.05, 0) is 6.07 Å². The van der Waals surface area contributed by atoms with E-state index in [-0.39, 0.29) is 27.8 Å². The molecule has 0 aliphatic carbocycles. The normalized spacial score (nSPS) is 10.3. The number of carboxylic acids is 1. The molecule has 0 fully saturated rings. The number of benzene rings is 1. The Balaban J connectivity index is 2.52. The minimum atomic E-state index is -1.24. The van der Waals surface area contributed by atoms with Crippen LogP contribution >= 0.6 is 11.6 Å². The number of methoxy groups -OCH3 is 1. The summed E-state index contributed by atoms with van der Waals surface area (Å²) in [6, 6.07) is 3.93. The number of carboxylic acid groups (broad SMARTS) is 1. The average Bonchev–Trinajstić information content (AvgIpc) is 2.78. The van der Waals surface area contributed by atoms with Gasteiger partial charge in [0, 0.05) is 17.7 Å². The first kappa shape index (κ1) is 12.3. The Morgan fingerprint density at radius 3 is 2.72 bits per heavy atom. The fourth-order valence-electron chi connectivity index (χ4n) is 1.41. The Kier molecular flexibility index (Phi) is 3.12. The summed E-state index contributed by atoms with van der Waals surface area (Å²) in [4.78, 5) is 10.7. The highest BCUT2D eigenvalue weighted by atomic mass is 35.5. The van der Waals surface area contributed by atoms with Gasteiger partial charge in [0.05, 0.1) is 12.1 Å². The van der Waals surface area contributed by atoms with Crippen LogP contribution in [0.3, 0.4) is 0 Å². The van der Waals surface area contributed by atoms with Crippen molar-refractivity contribution in [1.29, 1.82) is 0 Å². The van der Waals surface area contributed by atoms with Gasteiger partial charge >= 0.3 is 5.97 Å². The number of halogens is 1. The molecule has 6 nitrogen and oxygen atoms in total. The number of aromatic hydroxyl groups is 1. The molecule has 0 saturated heterocycles. The quantitative estimate of drug-likeness (QED) is 0.889. The van der Waals surface area contributed by atoms with Crippen LogP contribution in [-0.4, -0.2) is 28.4 Å². The third kappa shape index (κ3) is 2.10. The van der Waals surface area contributed by atoms with Gasteiger partial charge in [0.15, 0.2) is 0 Å². The number of aromatic carboxylic acids is 1. The van der Waals surface area contributed by atoms with Gasteiger partial charge in [-0.3, -0.25) is 0 Å². The van der Waals surface area contributed by atoms with E-state index in [9.17, 15) is 9.90 Å². The SMILES string of the molecule is COc1cc(-c2cc(C(=O)O)on2)c(O)cc1Cl. The first-order chi connectivity index (χ1) is 8.52. The number of phenols is 1. The minimum absolute atomic E-state index is 0.147. The maximum Gasteiger partial charge on any atom is 0.374 e. The van der Waals surface area contributed by atoms with Crippen molar-refractivity contribution in [3.8, 4) is 22.8 Å². The zero-order valence-electron chi connectivity index (χ0n) is 9.18. The van der Waals surface area contributed by atoms with Crippen molar-refractivity contribution < 1.29 is 24.3 Å². The molecular formula is C11H8ClNO5. The van der Waals surface area contributed by atoms with Crippen molar-refractivity contribution in [2.45, 2.75) is 0 Å². The molecule has 2 aromatic rings. The highest BCUT2D eigenvalue weighted by molar-refractivity contribution is 6.32. The summed E-state index contributed by atoms with van der Waals surface area (Å²) < 4.78 is 9.60.